The summed E-state index contributed by atoms with van der Waals surface area (Å²) in [6.45, 7) is 6.58. The Balaban J connectivity index is 1.89. The minimum atomic E-state index is -0.293. The van der Waals surface area contributed by atoms with Gasteiger partial charge in [0, 0.05) is 38.2 Å². The van der Waals surface area contributed by atoms with Crippen molar-refractivity contribution in [3.05, 3.63) is 35.1 Å². The molecule has 0 N–H and O–H groups in total. The van der Waals surface area contributed by atoms with Gasteiger partial charge in [-0.05, 0) is 30.7 Å². The van der Waals surface area contributed by atoms with Crippen LogP contribution in [-0.4, -0.2) is 54.2 Å². The molecule has 0 unspecified atom stereocenters. The van der Waals surface area contributed by atoms with Crippen LogP contribution in [0, 0.1) is 12.7 Å². The Morgan fingerprint density at radius 2 is 1.86 bits per heavy atom. The van der Waals surface area contributed by atoms with Gasteiger partial charge in [0.05, 0.1) is 6.54 Å². The summed E-state index contributed by atoms with van der Waals surface area (Å²) in [5, 5.41) is 0. The van der Waals surface area contributed by atoms with E-state index in [1.165, 1.54) is 12.1 Å². The minimum absolute atomic E-state index is 0.00614. The number of ketones is 1. The van der Waals surface area contributed by atoms with Crippen molar-refractivity contribution in [3.63, 3.8) is 0 Å². The summed E-state index contributed by atoms with van der Waals surface area (Å²) in [6.07, 6.45) is 0.522. The molecule has 0 bridgehead atoms. The fourth-order valence-corrected chi connectivity index (χ4v) is 2.49. The number of nitrogens with zero attached hydrogens (tertiary/aromatic N) is 2. The van der Waals surface area contributed by atoms with Crippen LogP contribution < -0.4 is 0 Å². The van der Waals surface area contributed by atoms with Gasteiger partial charge >= 0.3 is 0 Å². The predicted molar refractivity (Wildman–Crippen MR) is 78.8 cm³/mol. The largest absolute Gasteiger partial charge is 0.340 e. The summed E-state index contributed by atoms with van der Waals surface area (Å²) in [7, 11) is 0. The molecule has 0 saturated carbocycles. The monoisotopic (exact) mass is 292 g/mol. The second-order valence-corrected chi connectivity index (χ2v) is 5.40. The molecule has 0 atom stereocenters. The van der Waals surface area contributed by atoms with E-state index in [0.717, 1.165) is 0 Å². The maximum atomic E-state index is 13.2. The normalized spacial score (nSPS) is 16.0. The lowest BCUT2D eigenvalue weighted by Gasteiger charge is -2.34. The standard InChI is InChI=1S/C16H21FN2O2/c1-3-16(21)19-8-6-18(7-9-19)11-15(20)13-4-5-14(17)12(2)10-13/h4-5,10H,3,6-9,11H2,1-2H3. The number of amides is 1. The summed E-state index contributed by atoms with van der Waals surface area (Å²) >= 11 is 0. The number of benzene rings is 1. The van der Waals surface area contributed by atoms with E-state index in [0.29, 0.717) is 50.3 Å². The number of hydrogen-bond donors (Lipinski definition) is 0. The van der Waals surface area contributed by atoms with Crippen molar-refractivity contribution >= 4 is 11.7 Å². The first kappa shape index (κ1) is 15.6. The van der Waals surface area contributed by atoms with Crippen LogP contribution in [0.1, 0.15) is 29.3 Å². The molecule has 0 spiro atoms. The van der Waals surface area contributed by atoms with Gasteiger partial charge in [0.15, 0.2) is 5.78 Å². The molecule has 1 heterocycles. The molecule has 5 heteroatoms. The van der Waals surface area contributed by atoms with Crippen LogP contribution in [0.2, 0.25) is 0 Å². The molecule has 1 saturated heterocycles. The molecular weight excluding hydrogens is 271 g/mol. The summed E-state index contributed by atoms with van der Waals surface area (Å²) in [4.78, 5) is 27.7. The van der Waals surface area contributed by atoms with Crippen LogP contribution in [0.4, 0.5) is 4.39 Å². The Morgan fingerprint density at radius 1 is 1.19 bits per heavy atom. The van der Waals surface area contributed by atoms with E-state index < -0.39 is 0 Å². The molecule has 0 aromatic heterocycles. The average molecular weight is 292 g/mol. The first-order valence-corrected chi connectivity index (χ1v) is 7.30. The van der Waals surface area contributed by atoms with Gasteiger partial charge in [-0.25, -0.2) is 4.39 Å². The molecular formula is C16H21FN2O2. The maximum absolute atomic E-state index is 13.2. The van der Waals surface area contributed by atoms with Gasteiger partial charge in [-0.3, -0.25) is 14.5 Å². The molecule has 21 heavy (non-hydrogen) atoms. The molecule has 2 rings (SSSR count). The highest BCUT2D eigenvalue weighted by Crippen LogP contribution is 2.11. The van der Waals surface area contributed by atoms with Crippen LogP contribution in [0.15, 0.2) is 18.2 Å². The highest BCUT2D eigenvalue weighted by atomic mass is 19.1. The average Bonchev–Trinajstić information content (AvgIpc) is 2.50. The summed E-state index contributed by atoms with van der Waals surface area (Å²) in [5.74, 6) is -0.137. The number of carbonyl (C=O) groups excluding carboxylic acids is 2. The van der Waals surface area contributed by atoms with Gasteiger partial charge in [-0.2, -0.15) is 0 Å². The van der Waals surface area contributed by atoms with Crippen LogP contribution in [-0.2, 0) is 4.79 Å². The molecule has 114 valence electrons. The Labute approximate surface area is 124 Å². The Kier molecular flexibility index (Phi) is 5.07. The molecule has 1 aromatic carbocycles. The number of carbonyl (C=O) groups is 2. The molecule has 1 aromatic rings. The molecule has 0 radical (unpaired) electrons. The zero-order valence-corrected chi connectivity index (χ0v) is 12.6. The topological polar surface area (TPSA) is 40.6 Å². The number of rotatable bonds is 4. The van der Waals surface area contributed by atoms with Gasteiger partial charge in [-0.15, -0.1) is 0 Å². The van der Waals surface area contributed by atoms with E-state index in [1.54, 1.807) is 13.0 Å². The van der Waals surface area contributed by atoms with Gasteiger partial charge in [0.1, 0.15) is 5.82 Å². The lowest BCUT2D eigenvalue weighted by Crippen LogP contribution is -2.49. The zero-order chi connectivity index (χ0) is 15.4. The maximum Gasteiger partial charge on any atom is 0.222 e. The summed E-state index contributed by atoms with van der Waals surface area (Å²) in [6, 6.07) is 4.45. The minimum Gasteiger partial charge on any atom is -0.340 e. The highest BCUT2D eigenvalue weighted by Gasteiger charge is 2.21. The molecule has 0 aliphatic carbocycles. The van der Waals surface area contributed by atoms with Crippen LogP contribution in [0.3, 0.4) is 0 Å². The lowest BCUT2D eigenvalue weighted by atomic mass is 10.1. The SMILES string of the molecule is CCC(=O)N1CCN(CC(=O)c2ccc(F)c(C)c2)CC1. The van der Waals surface area contributed by atoms with E-state index in [-0.39, 0.29) is 17.5 Å². The highest BCUT2D eigenvalue weighted by molar-refractivity contribution is 5.97. The number of Topliss-reactive ketones (excluding diaryl/α,β-unsaturated/α-hetero) is 1. The quantitative estimate of drug-likeness (QED) is 0.796. The smallest absolute Gasteiger partial charge is 0.222 e. The first-order chi connectivity index (χ1) is 10.0. The summed E-state index contributed by atoms with van der Waals surface area (Å²) in [5.41, 5.74) is 1.03. The Morgan fingerprint density at radius 3 is 2.43 bits per heavy atom. The lowest BCUT2D eigenvalue weighted by molar-refractivity contribution is -0.132. The van der Waals surface area contributed by atoms with Gasteiger partial charge < -0.3 is 4.90 Å². The van der Waals surface area contributed by atoms with Crippen LogP contribution >= 0.6 is 0 Å². The fraction of sp³-hybridized carbons (Fsp3) is 0.500. The van der Waals surface area contributed by atoms with Crippen molar-refractivity contribution < 1.29 is 14.0 Å². The first-order valence-electron chi connectivity index (χ1n) is 7.30. The van der Waals surface area contributed by atoms with E-state index in [4.69, 9.17) is 0 Å². The summed E-state index contributed by atoms with van der Waals surface area (Å²) < 4.78 is 13.2. The van der Waals surface area contributed by atoms with Crippen LogP contribution in [0.25, 0.3) is 0 Å². The van der Waals surface area contributed by atoms with Gasteiger partial charge in [-0.1, -0.05) is 6.92 Å². The fourth-order valence-electron chi connectivity index (χ4n) is 2.49. The van der Waals surface area contributed by atoms with Crippen molar-refractivity contribution in [1.82, 2.24) is 9.80 Å². The van der Waals surface area contributed by atoms with E-state index >= 15 is 0 Å². The van der Waals surface area contributed by atoms with E-state index in [1.807, 2.05) is 16.7 Å². The van der Waals surface area contributed by atoms with Crippen molar-refractivity contribution in [2.75, 3.05) is 32.7 Å². The Bertz CT molecular complexity index is 537. The molecule has 1 aliphatic rings. The molecule has 1 fully saturated rings. The second-order valence-electron chi connectivity index (χ2n) is 5.40. The van der Waals surface area contributed by atoms with Crippen molar-refractivity contribution in [2.24, 2.45) is 0 Å². The van der Waals surface area contributed by atoms with E-state index in [9.17, 15) is 14.0 Å². The van der Waals surface area contributed by atoms with Gasteiger partial charge in [0.2, 0.25) is 5.91 Å². The molecule has 1 amide bonds. The van der Waals surface area contributed by atoms with Crippen molar-refractivity contribution in [1.29, 1.82) is 0 Å². The van der Waals surface area contributed by atoms with Crippen molar-refractivity contribution in [3.8, 4) is 0 Å². The van der Waals surface area contributed by atoms with Crippen molar-refractivity contribution in [2.45, 2.75) is 20.3 Å². The molecule has 1 aliphatic heterocycles. The third kappa shape index (κ3) is 3.88. The van der Waals surface area contributed by atoms with E-state index in [2.05, 4.69) is 0 Å². The number of hydrogen-bond acceptors (Lipinski definition) is 3. The number of halogens is 1. The molecule has 4 nitrogen and oxygen atoms in total. The third-order valence-electron chi connectivity index (χ3n) is 3.87. The van der Waals surface area contributed by atoms with Gasteiger partial charge in [0.25, 0.3) is 0 Å². The second kappa shape index (κ2) is 6.80. The third-order valence-corrected chi connectivity index (χ3v) is 3.87. The van der Waals surface area contributed by atoms with Crippen LogP contribution in [0.5, 0.6) is 0 Å². The predicted octanol–water partition coefficient (Wildman–Crippen LogP) is 1.87. The Hall–Kier alpha value is -1.75. The number of aryl methyl sites for hydroxylation is 1. The number of piperazine rings is 1. The zero-order valence-electron chi connectivity index (χ0n) is 12.6.